The zero-order chi connectivity index (χ0) is 21.6. The van der Waals surface area contributed by atoms with Crippen molar-refractivity contribution in [3.05, 3.63) is 83.7 Å². The molecule has 7 heteroatoms. The van der Waals surface area contributed by atoms with E-state index in [9.17, 15) is 9.90 Å². The number of methoxy groups -OCH3 is 1. The summed E-state index contributed by atoms with van der Waals surface area (Å²) in [6.07, 6.45) is -0.209. The molecule has 31 heavy (non-hydrogen) atoms. The van der Waals surface area contributed by atoms with E-state index >= 15 is 0 Å². The van der Waals surface area contributed by atoms with Crippen molar-refractivity contribution in [3.8, 4) is 28.5 Å². The highest BCUT2D eigenvalue weighted by Gasteiger charge is 2.14. The molecule has 0 unspecified atom stereocenters. The van der Waals surface area contributed by atoms with Gasteiger partial charge in [0, 0.05) is 28.5 Å². The number of thiazole rings is 1. The highest BCUT2D eigenvalue weighted by atomic mass is 32.1. The number of hydrogen-bond acceptors (Lipinski definition) is 7. The van der Waals surface area contributed by atoms with Crippen LogP contribution in [0.15, 0.2) is 78.9 Å². The van der Waals surface area contributed by atoms with Crippen molar-refractivity contribution >= 4 is 28.1 Å². The minimum atomic E-state index is -1.15. The van der Waals surface area contributed by atoms with E-state index in [2.05, 4.69) is 10.3 Å². The molecular formula is C24H19N2O4S-. The Labute approximate surface area is 183 Å². The number of benzene rings is 3. The van der Waals surface area contributed by atoms with Gasteiger partial charge in [0.25, 0.3) is 0 Å². The van der Waals surface area contributed by atoms with E-state index in [-0.39, 0.29) is 6.42 Å². The van der Waals surface area contributed by atoms with Gasteiger partial charge >= 0.3 is 0 Å². The maximum absolute atomic E-state index is 11.3. The molecule has 1 N–H and O–H groups in total. The third kappa shape index (κ3) is 5.21. The number of carbonyl (C=O) groups is 1. The lowest BCUT2D eigenvalue weighted by Gasteiger charge is -2.07. The standard InChI is InChI=1S/C24H20N2O4S/c1-29-18-13-9-17(10-14-18)25-24-26-23(21(31-24)15-22(27)28)16-7-11-20(12-8-16)30-19-5-3-2-4-6-19/h2-14H,15H2,1H3,(H,25,26)(H,27,28)/p-1. The second-order valence-electron chi connectivity index (χ2n) is 6.63. The van der Waals surface area contributed by atoms with E-state index in [1.165, 1.54) is 11.3 Å². The number of anilines is 2. The van der Waals surface area contributed by atoms with Crippen LogP contribution in [-0.2, 0) is 11.2 Å². The van der Waals surface area contributed by atoms with Gasteiger partial charge in [0.2, 0.25) is 0 Å². The van der Waals surface area contributed by atoms with Crippen LogP contribution < -0.4 is 19.9 Å². The van der Waals surface area contributed by atoms with Crippen LogP contribution in [0, 0.1) is 0 Å². The molecule has 0 aliphatic rings. The van der Waals surface area contributed by atoms with E-state index in [0.29, 0.717) is 21.5 Å². The fourth-order valence-corrected chi connectivity index (χ4v) is 3.97. The van der Waals surface area contributed by atoms with Crippen molar-refractivity contribution in [1.29, 1.82) is 0 Å². The van der Waals surface area contributed by atoms with Crippen LogP contribution in [0.1, 0.15) is 4.88 Å². The van der Waals surface area contributed by atoms with Crippen molar-refractivity contribution in [2.24, 2.45) is 0 Å². The molecule has 1 heterocycles. The molecule has 0 saturated carbocycles. The van der Waals surface area contributed by atoms with Crippen LogP contribution in [0.4, 0.5) is 10.8 Å². The lowest BCUT2D eigenvalue weighted by Crippen LogP contribution is -2.24. The molecule has 4 aromatic rings. The van der Waals surface area contributed by atoms with Gasteiger partial charge < -0.3 is 24.7 Å². The molecule has 0 amide bonds. The second-order valence-corrected chi connectivity index (χ2v) is 7.72. The molecule has 6 nitrogen and oxygen atoms in total. The third-order valence-electron chi connectivity index (χ3n) is 4.45. The highest BCUT2D eigenvalue weighted by molar-refractivity contribution is 7.16. The van der Waals surface area contributed by atoms with E-state index in [4.69, 9.17) is 9.47 Å². The van der Waals surface area contributed by atoms with Gasteiger partial charge in [-0.3, -0.25) is 0 Å². The molecular weight excluding hydrogens is 412 g/mol. The normalized spacial score (nSPS) is 10.5. The van der Waals surface area contributed by atoms with Gasteiger partial charge in [-0.1, -0.05) is 18.2 Å². The lowest BCUT2D eigenvalue weighted by molar-refractivity contribution is -0.304. The summed E-state index contributed by atoms with van der Waals surface area (Å²) in [6, 6.07) is 24.3. The molecule has 0 aliphatic heterocycles. The Morgan fingerprint density at radius 2 is 1.58 bits per heavy atom. The first-order valence-corrected chi connectivity index (χ1v) is 10.4. The lowest BCUT2D eigenvalue weighted by atomic mass is 10.1. The molecule has 0 radical (unpaired) electrons. The van der Waals surface area contributed by atoms with Crippen molar-refractivity contribution in [2.45, 2.75) is 6.42 Å². The van der Waals surface area contributed by atoms with Crippen LogP contribution in [0.3, 0.4) is 0 Å². The number of carboxylic acids is 1. The summed E-state index contributed by atoms with van der Waals surface area (Å²) >= 11 is 1.29. The number of aromatic nitrogens is 1. The zero-order valence-corrected chi connectivity index (χ0v) is 17.5. The topological polar surface area (TPSA) is 83.5 Å². The van der Waals surface area contributed by atoms with Gasteiger partial charge in [0.15, 0.2) is 5.13 Å². The molecule has 0 atom stereocenters. The number of nitrogens with one attached hydrogen (secondary N) is 1. The number of carboxylic acid groups (broad SMARTS) is 1. The van der Waals surface area contributed by atoms with Crippen LogP contribution in [-0.4, -0.2) is 18.1 Å². The first kappa shape index (κ1) is 20.4. The molecule has 0 saturated heterocycles. The summed E-state index contributed by atoms with van der Waals surface area (Å²) < 4.78 is 11.0. The highest BCUT2D eigenvalue weighted by Crippen LogP contribution is 2.34. The molecule has 1 aromatic heterocycles. The predicted octanol–water partition coefficient (Wildman–Crippen LogP) is 4.65. The Hall–Kier alpha value is -3.84. The molecule has 4 rings (SSSR count). The van der Waals surface area contributed by atoms with Gasteiger partial charge in [-0.05, 0) is 60.7 Å². The van der Waals surface area contributed by atoms with E-state index in [0.717, 1.165) is 22.7 Å². The number of nitrogens with zero attached hydrogens (tertiary/aromatic N) is 1. The summed E-state index contributed by atoms with van der Waals surface area (Å²) in [5.41, 5.74) is 2.24. The molecule has 0 fully saturated rings. The van der Waals surface area contributed by atoms with Gasteiger partial charge in [0.1, 0.15) is 17.2 Å². The summed E-state index contributed by atoms with van der Waals surface area (Å²) in [5.74, 6) is 1.03. The molecule has 0 bridgehead atoms. The van der Waals surface area contributed by atoms with Gasteiger partial charge in [0.05, 0.1) is 12.8 Å². The number of para-hydroxylation sites is 1. The fourth-order valence-electron chi connectivity index (χ4n) is 2.98. The fraction of sp³-hybridized carbons (Fsp3) is 0.0833. The van der Waals surface area contributed by atoms with Gasteiger partial charge in [-0.15, -0.1) is 11.3 Å². The van der Waals surface area contributed by atoms with Crippen LogP contribution in [0.25, 0.3) is 11.3 Å². The van der Waals surface area contributed by atoms with E-state index < -0.39 is 5.97 Å². The number of rotatable bonds is 8. The van der Waals surface area contributed by atoms with Gasteiger partial charge in [-0.25, -0.2) is 4.98 Å². The van der Waals surface area contributed by atoms with Crippen molar-refractivity contribution in [1.82, 2.24) is 4.98 Å². The Morgan fingerprint density at radius 3 is 2.23 bits per heavy atom. The first-order chi connectivity index (χ1) is 15.1. The van der Waals surface area contributed by atoms with Crippen LogP contribution in [0.5, 0.6) is 17.2 Å². The largest absolute Gasteiger partial charge is 0.550 e. The number of carbonyl (C=O) groups excluding carboxylic acids is 1. The third-order valence-corrected chi connectivity index (χ3v) is 5.42. The van der Waals surface area contributed by atoms with E-state index in [1.54, 1.807) is 7.11 Å². The van der Waals surface area contributed by atoms with Crippen molar-refractivity contribution in [2.75, 3.05) is 12.4 Å². The molecule has 0 aliphatic carbocycles. The Morgan fingerprint density at radius 1 is 0.935 bits per heavy atom. The first-order valence-electron chi connectivity index (χ1n) is 9.54. The molecule has 0 spiro atoms. The van der Waals surface area contributed by atoms with Crippen molar-refractivity contribution < 1.29 is 19.4 Å². The average Bonchev–Trinajstić information content (AvgIpc) is 3.17. The second kappa shape index (κ2) is 9.32. The van der Waals surface area contributed by atoms with Crippen LogP contribution in [0.2, 0.25) is 0 Å². The Balaban J connectivity index is 1.57. The summed E-state index contributed by atoms with van der Waals surface area (Å²) in [6.45, 7) is 0. The van der Waals surface area contributed by atoms with E-state index in [1.807, 2.05) is 78.9 Å². The van der Waals surface area contributed by atoms with Crippen LogP contribution >= 0.6 is 11.3 Å². The summed E-state index contributed by atoms with van der Waals surface area (Å²) in [4.78, 5) is 16.5. The monoisotopic (exact) mass is 431 g/mol. The maximum atomic E-state index is 11.3. The summed E-state index contributed by atoms with van der Waals surface area (Å²) in [5, 5.41) is 15.1. The predicted molar refractivity (Wildman–Crippen MR) is 119 cm³/mol. The van der Waals surface area contributed by atoms with Gasteiger partial charge in [-0.2, -0.15) is 0 Å². The summed E-state index contributed by atoms with van der Waals surface area (Å²) in [7, 11) is 1.61. The number of ether oxygens (including phenoxy) is 2. The van der Waals surface area contributed by atoms with Crippen molar-refractivity contribution in [3.63, 3.8) is 0 Å². The molecule has 3 aromatic carbocycles. The Bertz CT molecular complexity index is 1160. The number of aliphatic carboxylic acids is 1. The minimum absolute atomic E-state index is 0.209. The molecule has 156 valence electrons. The SMILES string of the molecule is COc1ccc(Nc2nc(-c3ccc(Oc4ccccc4)cc3)c(CC(=O)[O-])s2)cc1. The minimum Gasteiger partial charge on any atom is -0.550 e. The zero-order valence-electron chi connectivity index (χ0n) is 16.7. The average molecular weight is 431 g/mol. The Kier molecular flexibility index (Phi) is 6.14. The smallest absolute Gasteiger partial charge is 0.187 e. The maximum Gasteiger partial charge on any atom is 0.187 e. The quantitative estimate of drug-likeness (QED) is 0.437. The number of hydrogen-bond donors (Lipinski definition) is 1.